The minimum Gasteiger partial charge on any atom is -0.561 e. The van der Waals surface area contributed by atoms with Crippen molar-refractivity contribution in [1.82, 2.24) is 10.6 Å². The predicted molar refractivity (Wildman–Crippen MR) is 291 cm³/mol. The number of anilines is 2. The average Bonchev–Trinajstić information content (AvgIpc) is 4.36. The predicted octanol–water partition coefficient (Wildman–Crippen LogP) is 13.0. The fourth-order valence-corrected chi connectivity index (χ4v) is 6.69. The van der Waals surface area contributed by atoms with Crippen molar-refractivity contribution in [3.63, 3.8) is 0 Å². The maximum atomic E-state index is 11.9. The molecular weight excluding hydrogens is 1310 g/mol. The van der Waals surface area contributed by atoms with Crippen molar-refractivity contribution in [3.8, 4) is 0 Å². The summed E-state index contributed by atoms with van der Waals surface area (Å²) >= 11 is 14.4. The molecule has 6 aromatic rings. The first-order chi connectivity index (χ1) is 35.9. The van der Waals surface area contributed by atoms with E-state index in [1.165, 1.54) is 29.4 Å². The zero-order valence-electron chi connectivity index (χ0n) is 41.2. The van der Waals surface area contributed by atoms with Gasteiger partial charge in [0.1, 0.15) is 6.10 Å². The summed E-state index contributed by atoms with van der Waals surface area (Å²) in [4.78, 5) is 55.3. The molecule has 2 aliphatic carbocycles. The molecule has 77 heavy (non-hydrogen) atoms. The van der Waals surface area contributed by atoms with E-state index in [4.69, 9.17) is 47.7 Å². The Bertz CT molecular complexity index is 2820. The molecule has 4 atom stereocenters. The largest absolute Gasteiger partial charge is 0.561 e. The van der Waals surface area contributed by atoms with Crippen LogP contribution in [0.15, 0.2) is 205 Å². The number of hydrogen-bond acceptors (Lipinski definition) is 8. The van der Waals surface area contributed by atoms with Gasteiger partial charge in [0.2, 0.25) is 0 Å². The maximum absolute atomic E-state index is 11.9. The number of urea groups is 2. The van der Waals surface area contributed by atoms with Crippen molar-refractivity contribution in [2.24, 2.45) is 0 Å². The second kappa shape index (κ2) is 41.2. The number of amides is 4. The zero-order chi connectivity index (χ0) is 53.3. The van der Waals surface area contributed by atoms with Gasteiger partial charge < -0.3 is 61.3 Å². The van der Waals surface area contributed by atoms with E-state index < -0.39 is 6.03 Å². The van der Waals surface area contributed by atoms with Crippen molar-refractivity contribution >= 4 is 82.0 Å². The average molecular weight is 1360 g/mol. The molecule has 0 bridgehead atoms. The smallest absolute Gasteiger partial charge is 0.319 e. The summed E-state index contributed by atoms with van der Waals surface area (Å²) in [6, 6.07) is 52.7. The van der Waals surface area contributed by atoms with Gasteiger partial charge in [-0.15, -0.1) is 54.3 Å². The van der Waals surface area contributed by atoms with Crippen LogP contribution < -0.4 is 21.3 Å². The number of hydrogen-bond donors (Lipinski definition) is 4. The molecule has 12 nitrogen and oxygen atoms in total. The Morgan fingerprint density at radius 3 is 1.39 bits per heavy atom. The zero-order valence-corrected chi connectivity index (χ0v) is 52.8. The van der Waals surface area contributed by atoms with E-state index in [0.29, 0.717) is 34.0 Å². The number of halogens is 3. The molecule has 6 aromatic carbocycles. The summed E-state index contributed by atoms with van der Waals surface area (Å²) in [5.74, 6) is 0.916. The van der Waals surface area contributed by atoms with Crippen molar-refractivity contribution in [2.75, 3.05) is 10.6 Å². The molecule has 8 rings (SSSR count). The Morgan fingerprint density at radius 1 is 0.532 bits per heavy atom. The van der Waals surface area contributed by atoms with Gasteiger partial charge in [0.15, 0.2) is 0 Å². The maximum Gasteiger partial charge on any atom is 0.319 e. The summed E-state index contributed by atoms with van der Waals surface area (Å²) in [7, 11) is 0. The third kappa shape index (κ3) is 30.7. The molecule has 2 fully saturated rings. The Balaban J connectivity index is 0.000000494. The van der Waals surface area contributed by atoms with Gasteiger partial charge in [-0.3, -0.25) is 31.5 Å². The number of carbonyl (C=O) groups excluding carboxylic acids is 5. The van der Waals surface area contributed by atoms with E-state index in [-0.39, 0.29) is 146 Å². The molecule has 0 aromatic heterocycles. The van der Waals surface area contributed by atoms with Crippen LogP contribution in [-0.4, -0.2) is 43.6 Å². The normalized spacial score (nSPS) is 14.8. The molecule has 2 saturated carbocycles. The van der Waals surface area contributed by atoms with Crippen LogP contribution in [0.2, 0.25) is 10.0 Å². The summed E-state index contributed by atoms with van der Waals surface area (Å²) in [6.07, 6.45) is 12.1. The SMILES string of the molecule is O=C(Nc1ccc(Cl)cc1)NC1CC1c1ccccc1.O=COC1CC1c1ccccc1.[CH-]=C(C=[C-]Br)OC=O.[CH-]=C(C=[C-]c1ccccc1)NC(=O)Nc1ccc(Cl)cc1.[CH-]=C(C=[C-]c1ccccc1)OC=O.[Y].[Y].[Y]. The minimum atomic E-state index is -0.430. The number of allylic oxidation sites excluding steroid dienone is 3. The van der Waals surface area contributed by atoms with Crippen LogP contribution in [0.3, 0.4) is 0 Å². The third-order valence-corrected chi connectivity index (χ3v) is 10.6. The molecular formula is C59H49BrCl2N4O8Y3-6. The first-order valence-electron chi connectivity index (χ1n) is 22.3. The van der Waals surface area contributed by atoms with Gasteiger partial charge in [0.25, 0.3) is 19.4 Å². The van der Waals surface area contributed by atoms with E-state index in [2.05, 4.69) is 88.1 Å². The third-order valence-electron chi connectivity index (χ3n) is 9.87. The van der Waals surface area contributed by atoms with Crippen molar-refractivity contribution < 1.29 is 136 Å². The number of ether oxygens (including phenoxy) is 3. The number of rotatable bonds is 17. The molecule has 2 aliphatic rings. The Hall–Kier alpha value is -4.92. The molecule has 18 heteroatoms. The molecule has 0 heterocycles. The first kappa shape index (κ1) is 70.1. The topological polar surface area (TPSA) is 161 Å². The summed E-state index contributed by atoms with van der Waals surface area (Å²) in [5.41, 5.74) is 5.86. The standard InChI is InChI=1S/C17H13ClN2O.C16H15ClN2O.C11H8O2.C10H10O2.C5H3BrO2.3Y/c1-13(7-8-14-5-3-2-4-6-14)19-17(21)20-16-11-9-15(18)10-12-16;17-12-6-8-13(9-7-12)18-16(20)19-15-10-14(15)11-4-2-1-3-5-11;1-10(13-9-12)7-8-11-5-3-2-4-6-11;11-7-12-10-6-9(10)8-4-2-1-3-5-8;1-5(2-3-6)8-4-7;;;/h1-7,9-12H,(H2,19,20,21);1-9,14-15H,10H2,(H2,18,19,20);1-7,9H;1-5,7,9-10H,6H2;1-2,4H;;;/q-2;;-2;;-2;;;. The van der Waals surface area contributed by atoms with Gasteiger partial charge in [-0.05, 0) is 72.5 Å². The van der Waals surface area contributed by atoms with Crippen LogP contribution in [0.4, 0.5) is 21.0 Å². The number of carbonyl (C=O) groups is 5. The van der Waals surface area contributed by atoms with Crippen LogP contribution >= 0.6 is 39.1 Å². The van der Waals surface area contributed by atoms with Gasteiger partial charge in [0, 0.05) is 137 Å². The van der Waals surface area contributed by atoms with E-state index in [9.17, 15) is 24.0 Å². The fraction of sp³-hybridized carbons (Fsp3) is 0.102. The van der Waals surface area contributed by atoms with Gasteiger partial charge in [-0.25, -0.2) is 49.1 Å². The quantitative estimate of drug-likeness (QED) is 0.0231. The molecule has 0 aliphatic heterocycles. The molecule has 3 radical (unpaired) electrons. The van der Waals surface area contributed by atoms with Crippen molar-refractivity contribution in [2.45, 2.75) is 36.8 Å². The second-order valence-corrected chi connectivity index (χ2v) is 16.7. The Labute approximate surface area is 544 Å². The van der Waals surface area contributed by atoms with Crippen LogP contribution in [0, 0.1) is 36.9 Å². The van der Waals surface area contributed by atoms with Crippen molar-refractivity contribution in [1.29, 1.82) is 0 Å². The van der Waals surface area contributed by atoms with Crippen molar-refractivity contribution in [3.05, 3.63) is 274 Å². The number of benzene rings is 6. The van der Waals surface area contributed by atoms with E-state index in [1.807, 2.05) is 97.1 Å². The summed E-state index contributed by atoms with van der Waals surface area (Å²) < 4.78 is 13.3. The molecule has 0 saturated heterocycles. The van der Waals surface area contributed by atoms with Gasteiger partial charge >= 0.3 is 12.1 Å². The van der Waals surface area contributed by atoms with Crippen LogP contribution in [0.1, 0.15) is 46.9 Å². The van der Waals surface area contributed by atoms with E-state index >= 15 is 0 Å². The summed E-state index contributed by atoms with van der Waals surface area (Å²) in [5, 5.41) is 12.2. The first-order valence-corrected chi connectivity index (χ1v) is 23.9. The van der Waals surface area contributed by atoms with E-state index in [1.54, 1.807) is 48.5 Å². The fourth-order valence-electron chi connectivity index (χ4n) is 6.22. The molecule has 4 N–H and O–H groups in total. The molecule has 389 valence electrons. The molecule has 4 unspecified atom stereocenters. The molecule has 4 amide bonds. The monoisotopic (exact) mass is 1360 g/mol. The Kier molecular flexibility index (Phi) is 37.5. The Morgan fingerprint density at radius 2 is 0.948 bits per heavy atom. The van der Waals surface area contributed by atoms with Crippen LogP contribution in [-0.2, 0) is 127 Å². The second-order valence-electron chi connectivity index (χ2n) is 15.3. The van der Waals surface area contributed by atoms with Gasteiger partial charge in [-0.2, -0.15) is 11.1 Å². The van der Waals surface area contributed by atoms with Gasteiger partial charge in [0.05, 0.1) is 0 Å². The molecule has 0 spiro atoms. The van der Waals surface area contributed by atoms with Crippen LogP contribution in [0.5, 0.6) is 0 Å². The van der Waals surface area contributed by atoms with Crippen LogP contribution in [0.25, 0.3) is 0 Å². The minimum absolute atomic E-state index is 0. The number of nitrogens with one attached hydrogen (secondary N) is 4. The van der Waals surface area contributed by atoms with Gasteiger partial charge in [-0.1, -0.05) is 96.0 Å². The van der Waals surface area contributed by atoms with E-state index in [0.717, 1.165) is 29.7 Å². The summed E-state index contributed by atoms with van der Waals surface area (Å²) in [6.45, 7) is 17.1.